The van der Waals surface area contributed by atoms with Crippen molar-refractivity contribution in [2.24, 2.45) is 0 Å². The topological polar surface area (TPSA) is 65.2 Å². The third kappa shape index (κ3) is 3.29. The zero-order valence-electron chi connectivity index (χ0n) is 12.4. The van der Waals surface area contributed by atoms with Gasteiger partial charge in [0, 0.05) is 0 Å². The molecule has 0 radical (unpaired) electrons. The molecule has 0 amide bonds. The van der Waals surface area contributed by atoms with E-state index in [0.29, 0.717) is 11.5 Å². The van der Waals surface area contributed by atoms with Crippen molar-refractivity contribution in [2.75, 3.05) is 0 Å². The van der Waals surface area contributed by atoms with Crippen LogP contribution in [0.15, 0.2) is 40.1 Å². The summed E-state index contributed by atoms with van der Waals surface area (Å²) in [5.74, 6) is -0.536. The average Bonchev–Trinajstić information content (AvgIpc) is 3.20. The van der Waals surface area contributed by atoms with Gasteiger partial charge in [-0.3, -0.25) is 0 Å². The van der Waals surface area contributed by atoms with Crippen LogP contribution < -0.4 is 0 Å². The second kappa shape index (κ2) is 6.29. The van der Waals surface area contributed by atoms with E-state index in [0.717, 1.165) is 10.9 Å². The number of nitrogens with zero attached hydrogens (tertiary/aromatic N) is 2. The zero-order valence-corrected chi connectivity index (χ0v) is 13.3. The molecule has 2 aromatic heterocycles. The minimum absolute atomic E-state index is 0.137. The molecule has 1 aromatic carbocycles. The van der Waals surface area contributed by atoms with E-state index in [2.05, 4.69) is 10.2 Å². The summed E-state index contributed by atoms with van der Waals surface area (Å²) in [6.45, 7) is 3.24. The van der Waals surface area contributed by atoms with Gasteiger partial charge in [0.25, 0.3) is 11.8 Å². The van der Waals surface area contributed by atoms with Gasteiger partial charge in [0.05, 0.1) is 10.4 Å². The molecule has 1 atom stereocenters. The summed E-state index contributed by atoms with van der Waals surface area (Å²) in [6.07, 6.45) is -0.729. The summed E-state index contributed by atoms with van der Waals surface area (Å²) in [7, 11) is 0. The van der Waals surface area contributed by atoms with Crippen molar-refractivity contribution < 1.29 is 18.3 Å². The fourth-order valence-corrected chi connectivity index (χ4v) is 2.54. The highest BCUT2D eigenvalue weighted by Gasteiger charge is 2.20. The molecule has 0 N–H and O–H groups in total. The van der Waals surface area contributed by atoms with Crippen molar-refractivity contribution in [1.29, 1.82) is 0 Å². The van der Waals surface area contributed by atoms with Crippen molar-refractivity contribution in [1.82, 2.24) is 10.2 Å². The van der Waals surface area contributed by atoms with Crippen molar-refractivity contribution in [2.45, 2.75) is 20.0 Å². The van der Waals surface area contributed by atoms with Gasteiger partial charge in [-0.05, 0) is 43.0 Å². The smallest absolute Gasteiger partial charge is 0.339 e. The van der Waals surface area contributed by atoms with E-state index in [1.54, 1.807) is 13.8 Å². The number of ether oxygens (including phenoxy) is 1. The van der Waals surface area contributed by atoms with E-state index in [1.165, 1.54) is 23.5 Å². The van der Waals surface area contributed by atoms with Crippen LogP contribution in [0.1, 0.15) is 34.8 Å². The number of aromatic nitrogens is 2. The third-order valence-electron chi connectivity index (χ3n) is 3.21. The molecule has 23 heavy (non-hydrogen) atoms. The fourth-order valence-electron chi connectivity index (χ4n) is 1.90. The number of thiophene rings is 1. The van der Waals surface area contributed by atoms with Gasteiger partial charge in [-0.15, -0.1) is 21.5 Å². The van der Waals surface area contributed by atoms with E-state index in [4.69, 9.17) is 9.15 Å². The maximum absolute atomic E-state index is 13.5. The number of esters is 1. The lowest BCUT2D eigenvalue weighted by Gasteiger charge is -2.09. The fraction of sp³-hybridized carbons (Fsp3) is 0.188. The minimum Gasteiger partial charge on any atom is -0.449 e. The molecule has 0 fully saturated rings. The highest BCUT2D eigenvalue weighted by molar-refractivity contribution is 7.13. The molecule has 1 unspecified atom stereocenters. The predicted molar refractivity (Wildman–Crippen MR) is 82.6 cm³/mol. The van der Waals surface area contributed by atoms with E-state index < -0.39 is 17.9 Å². The van der Waals surface area contributed by atoms with Gasteiger partial charge in [0.2, 0.25) is 0 Å². The molecule has 5 nitrogen and oxygen atoms in total. The molecular weight excluding hydrogens is 319 g/mol. The van der Waals surface area contributed by atoms with Crippen LogP contribution in [0, 0.1) is 12.7 Å². The second-order valence-electron chi connectivity index (χ2n) is 4.93. The van der Waals surface area contributed by atoms with Crippen LogP contribution in [0.3, 0.4) is 0 Å². The highest BCUT2D eigenvalue weighted by atomic mass is 32.1. The zero-order chi connectivity index (χ0) is 16.4. The molecule has 0 saturated carbocycles. The Morgan fingerprint density at radius 1 is 1.35 bits per heavy atom. The Kier molecular flexibility index (Phi) is 4.20. The van der Waals surface area contributed by atoms with Gasteiger partial charge >= 0.3 is 5.97 Å². The van der Waals surface area contributed by atoms with Crippen LogP contribution in [0.4, 0.5) is 4.39 Å². The van der Waals surface area contributed by atoms with Crippen LogP contribution >= 0.6 is 11.3 Å². The lowest BCUT2D eigenvalue weighted by atomic mass is 10.1. The van der Waals surface area contributed by atoms with Crippen molar-refractivity contribution in [3.63, 3.8) is 0 Å². The molecule has 0 bridgehead atoms. The van der Waals surface area contributed by atoms with Crippen LogP contribution in [0.2, 0.25) is 0 Å². The monoisotopic (exact) mass is 332 g/mol. The SMILES string of the molecule is Cc1ccc(C(=O)OC(C)c2nnc(-c3cccs3)o2)cc1F. The van der Waals surface area contributed by atoms with E-state index >= 15 is 0 Å². The molecule has 0 aliphatic heterocycles. The highest BCUT2D eigenvalue weighted by Crippen LogP contribution is 2.26. The maximum Gasteiger partial charge on any atom is 0.339 e. The Bertz CT molecular complexity index is 830. The van der Waals surface area contributed by atoms with Crippen molar-refractivity contribution >= 4 is 17.3 Å². The first-order valence-corrected chi connectivity index (χ1v) is 7.77. The standard InChI is InChI=1S/C16H13FN2O3S/c1-9-5-6-11(8-12(9)17)16(20)21-10(2)14-18-19-15(22-14)13-4-3-7-23-13/h3-8,10H,1-2H3. The van der Waals surface area contributed by atoms with Gasteiger partial charge in [-0.2, -0.15) is 0 Å². The number of carbonyl (C=O) groups excluding carboxylic acids is 1. The largest absolute Gasteiger partial charge is 0.449 e. The van der Waals surface area contributed by atoms with Gasteiger partial charge in [-0.25, -0.2) is 9.18 Å². The van der Waals surface area contributed by atoms with Crippen LogP contribution in [-0.2, 0) is 4.74 Å². The molecule has 2 heterocycles. The number of hydrogen-bond donors (Lipinski definition) is 0. The molecule has 7 heteroatoms. The summed E-state index contributed by atoms with van der Waals surface area (Å²) in [5, 5.41) is 9.71. The number of rotatable bonds is 4. The summed E-state index contributed by atoms with van der Waals surface area (Å²) in [6, 6.07) is 7.92. The molecule has 0 spiro atoms. The lowest BCUT2D eigenvalue weighted by Crippen LogP contribution is -2.10. The number of carbonyl (C=O) groups is 1. The van der Waals surface area contributed by atoms with Crippen molar-refractivity contribution in [3.05, 3.63) is 58.5 Å². The summed E-state index contributed by atoms with van der Waals surface area (Å²) in [4.78, 5) is 12.9. The number of halogens is 1. The van der Waals surface area contributed by atoms with E-state index in [9.17, 15) is 9.18 Å². The molecule has 118 valence electrons. The molecule has 0 aliphatic carbocycles. The molecule has 0 aliphatic rings. The van der Waals surface area contributed by atoms with Gasteiger partial charge in [0.1, 0.15) is 5.82 Å². The predicted octanol–water partition coefficient (Wildman–Crippen LogP) is 4.16. The molecule has 0 saturated heterocycles. The minimum atomic E-state index is -0.729. The van der Waals surface area contributed by atoms with Crippen LogP contribution in [-0.4, -0.2) is 16.2 Å². The molecular formula is C16H13FN2O3S. The number of hydrogen-bond acceptors (Lipinski definition) is 6. The Labute approximate surface area is 135 Å². The summed E-state index contributed by atoms with van der Waals surface area (Å²) >= 11 is 1.47. The Balaban J connectivity index is 1.72. The van der Waals surface area contributed by atoms with Gasteiger partial charge in [0.15, 0.2) is 6.10 Å². The number of aryl methyl sites for hydroxylation is 1. The van der Waals surface area contributed by atoms with Gasteiger partial charge in [-0.1, -0.05) is 12.1 Å². The summed E-state index contributed by atoms with van der Waals surface area (Å²) in [5.41, 5.74) is 0.602. The third-order valence-corrected chi connectivity index (χ3v) is 4.07. The first-order valence-electron chi connectivity index (χ1n) is 6.89. The normalized spacial score (nSPS) is 12.1. The number of benzene rings is 1. The molecule has 3 aromatic rings. The van der Waals surface area contributed by atoms with Crippen LogP contribution in [0.5, 0.6) is 0 Å². The first-order chi connectivity index (χ1) is 11.0. The quantitative estimate of drug-likeness (QED) is 0.671. The Morgan fingerprint density at radius 3 is 2.87 bits per heavy atom. The van der Waals surface area contributed by atoms with Crippen LogP contribution in [0.25, 0.3) is 10.8 Å². The van der Waals surface area contributed by atoms with E-state index in [-0.39, 0.29) is 11.5 Å². The second-order valence-corrected chi connectivity index (χ2v) is 5.88. The van der Waals surface area contributed by atoms with Crippen molar-refractivity contribution in [3.8, 4) is 10.8 Å². The lowest BCUT2D eigenvalue weighted by molar-refractivity contribution is 0.0279. The molecule has 3 rings (SSSR count). The average molecular weight is 332 g/mol. The maximum atomic E-state index is 13.5. The summed E-state index contributed by atoms with van der Waals surface area (Å²) < 4.78 is 24.3. The Morgan fingerprint density at radius 2 is 2.17 bits per heavy atom. The van der Waals surface area contributed by atoms with E-state index in [1.807, 2.05) is 17.5 Å². The Hall–Kier alpha value is -2.54. The first kappa shape index (κ1) is 15.4. The van der Waals surface area contributed by atoms with Gasteiger partial charge < -0.3 is 9.15 Å².